The van der Waals surface area contributed by atoms with E-state index >= 15 is 0 Å². The summed E-state index contributed by atoms with van der Waals surface area (Å²) < 4.78 is 13.4. The van der Waals surface area contributed by atoms with Gasteiger partial charge in [-0.2, -0.15) is 10.2 Å². The predicted molar refractivity (Wildman–Crippen MR) is 117 cm³/mol. The second-order valence-electron chi connectivity index (χ2n) is 8.34. The van der Waals surface area contributed by atoms with Crippen molar-refractivity contribution in [3.8, 4) is 29.0 Å². The number of aromatic nitrogens is 4. The standard InChI is InChI=1S/C22H23N5O2Si/c1-30(2,3)11-10-28-15-27-19(13-17-8-5-9-24-21(17)27)20-25-22(29-26-20)18-7-4-6-16(12-18)14-23/h4-9,12-13H,10-11,15H2,1-3H3. The summed E-state index contributed by atoms with van der Waals surface area (Å²) in [4.78, 5) is 9.08. The van der Waals surface area contributed by atoms with E-state index in [1.54, 1.807) is 24.4 Å². The third kappa shape index (κ3) is 4.32. The topological polar surface area (TPSA) is 89.8 Å². The van der Waals surface area contributed by atoms with Gasteiger partial charge in [0.1, 0.15) is 12.4 Å². The lowest BCUT2D eigenvalue weighted by Crippen LogP contribution is -2.22. The Bertz CT molecular complexity index is 1220. The molecule has 3 aromatic heterocycles. The lowest BCUT2D eigenvalue weighted by Gasteiger charge is -2.16. The third-order valence-corrected chi connectivity index (χ3v) is 6.47. The average molecular weight is 418 g/mol. The zero-order valence-corrected chi connectivity index (χ0v) is 18.3. The monoisotopic (exact) mass is 417 g/mol. The van der Waals surface area contributed by atoms with Crippen LogP contribution in [0.15, 0.2) is 53.2 Å². The Kier molecular flexibility index (Phi) is 5.48. The van der Waals surface area contributed by atoms with Gasteiger partial charge < -0.3 is 9.26 Å². The van der Waals surface area contributed by atoms with Crippen LogP contribution in [0.25, 0.3) is 34.0 Å². The number of rotatable bonds is 7. The van der Waals surface area contributed by atoms with Crippen LogP contribution in [-0.2, 0) is 11.5 Å². The van der Waals surface area contributed by atoms with E-state index in [9.17, 15) is 0 Å². The molecular weight excluding hydrogens is 394 g/mol. The maximum Gasteiger partial charge on any atom is 0.258 e. The fourth-order valence-electron chi connectivity index (χ4n) is 3.10. The van der Waals surface area contributed by atoms with Crippen LogP contribution in [-0.4, -0.2) is 34.4 Å². The molecule has 0 fully saturated rings. The first kappa shape index (κ1) is 20.0. The van der Waals surface area contributed by atoms with Gasteiger partial charge in [0.15, 0.2) is 0 Å². The number of benzene rings is 1. The van der Waals surface area contributed by atoms with Crippen LogP contribution in [0.2, 0.25) is 25.7 Å². The Labute approximate surface area is 175 Å². The van der Waals surface area contributed by atoms with Crippen LogP contribution in [0.4, 0.5) is 0 Å². The number of fused-ring (bicyclic) bond motifs is 1. The Morgan fingerprint density at radius 2 is 2.03 bits per heavy atom. The molecule has 4 aromatic rings. The molecule has 4 rings (SSSR count). The summed E-state index contributed by atoms with van der Waals surface area (Å²) in [5, 5.41) is 14.3. The van der Waals surface area contributed by atoms with Gasteiger partial charge in [0, 0.05) is 31.8 Å². The van der Waals surface area contributed by atoms with Crippen molar-refractivity contribution >= 4 is 19.1 Å². The summed E-state index contributed by atoms with van der Waals surface area (Å²) in [6.45, 7) is 8.07. The number of pyridine rings is 1. The Morgan fingerprint density at radius 1 is 1.17 bits per heavy atom. The molecule has 0 aliphatic heterocycles. The van der Waals surface area contributed by atoms with Gasteiger partial charge in [-0.15, -0.1) is 0 Å². The molecule has 0 saturated carbocycles. The molecule has 8 heteroatoms. The highest BCUT2D eigenvalue weighted by molar-refractivity contribution is 6.76. The van der Waals surface area contributed by atoms with Crippen molar-refractivity contribution in [3.63, 3.8) is 0 Å². The molecule has 0 bridgehead atoms. The zero-order valence-electron chi connectivity index (χ0n) is 17.3. The van der Waals surface area contributed by atoms with Crippen molar-refractivity contribution in [2.24, 2.45) is 0 Å². The molecule has 0 amide bonds. The predicted octanol–water partition coefficient (Wildman–Crippen LogP) is 4.94. The first-order valence-electron chi connectivity index (χ1n) is 9.81. The highest BCUT2D eigenvalue weighted by Crippen LogP contribution is 2.28. The number of hydrogen-bond acceptors (Lipinski definition) is 6. The van der Waals surface area contributed by atoms with Crippen molar-refractivity contribution in [2.75, 3.05) is 6.61 Å². The molecular formula is C22H23N5O2Si. The quantitative estimate of drug-likeness (QED) is 0.313. The van der Waals surface area contributed by atoms with Gasteiger partial charge in [-0.3, -0.25) is 4.57 Å². The van der Waals surface area contributed by atoms with Gasteiger partial charge in [0.25, 0.3) is 5.89 Å². The van der Waals surface area contributed by atoms with Crippen LogP contribution < -0.4 is 0 Å². The van der Waals surface area contributed by atoms with E-state index < -0.39 is 8.07 Å². The van der Waals surface area contributed by atoms with E-state index in [0.29, 0.717) is 36.2 Å². The molecule has 30 heavy (non-hydrogen) atoms. The maximum atomic E-state index is 9.12. The summed E-state index contributed by atoms with van der Waals surface area (Å²) >= 11 is 0. The molecule has 0 spiro atoms. The molecule has 0 saturated heterocycles. The third-order valence-electron chi connectivity index (χ3n) is 4.77. The molecule has 0 atom stereocenters. The lowest BCUT2D eigenvalue weighted by atomic mass is 10.1. The minimum atomic E-state index is -1.17. The smallest absolute Gasteiger partial charge is 0.258 e. The fourth-order valence-corrected chi connectivity index (χ4v) is 3.86. The molecule has 7 nitrogen and oxygen atoms in total. The maximum absolute atomic E-state index is 9.12. The second-order valence-corrected chi connectivity index (χ2v) is 14.0. The first-order chi connectivity index (χ1) is 14.4. The summed E-state index contributed by atoms with van der Waals surface area (Å²) in [7, 11) is -1.17. The van der Waals surface area contributed by atoms with Crippen LogP contribution in [0.1, 0.15) is 5.56 Å². The Hall–Kier alpha value is -3.28. The van der Waals surface area contributed by atoms with E-state index in [1.807, 2.05) is 28.8 Å². The molecule has 1 aromatic carbocycles. The molecule has 0 aliphatic rings. The average Bonchev–Trinajstić information content (AvgIpc) is 3.35. The Morgan fingerprint density at radius 3 is 2.83 bits per heavy atom. The molecule has 152 valence electrons. The fraction of sp³-hybridized carbons (Fsp3) is 0.273. The number of ether oxygens (including phenoxy) is 1. The van der Waals surface area contributed by atoms with Gasteiger partial charge in [-0.05, 0) is 42.4 Å². The summed E-state index contributed by atoms with van der Waals surface area (Å²) in [6.07, 6.45) is 1.76. The normalized spacial score (nSPS) is 11.7. The molecule has 0 unspecified atom stereocenters. The van der Waals surface area contributed by atoms with Crippen LogP contribution in [0.3, 0.4) is 0 Å². The van der Waals surface area contributed by atoms with Crippen LogP contribution in [0.5, 0.6) is 0 Å². The van der Waals surface area contributed by atoms with E-state index in [2.05, 4.69) is 40.8 Å². The van der Waals surface area contributed by atoms with Crippen molar-refractivity contribution in [1.29, 1.82) is 5.26 Å². The number of nitrogens with zero attached hydrogens (tertiary/aromatic N) is 5. The second kappa shape index (κ2) is 8.22. The highest BCUT2D eigenvalue weighted by Gasteiger charge is 2.18. The first-order valence-corrected chi connectivity index (χ1v) is 13.5. The summed E-state index contributed by atoms with van der Waals surface area (Å²) in [6, 6.07) is 16.2. The summed E-state index contributed by atoms with van der Waals surface area (Å²) in [5.74, 6) is 0.825. The van der Waals surface area contributed by atoms with Crippen molar-refractivity contribution in [3.05, 3.63) is 54.2 Å². The van der Waals surface area contributed by atoms with Crippen molar-refractivity contribution in [2.45, 2.75) is 32.4 Å². The van der Waals surface area contributed by atoms with E-state index in [0.717, 1.165) is 22.8 Å². The highest BCUT2D eigenvalue weighted by atomic mass is 28.3. The van der Waals surface area contributed by atoms with E-state index in [1.165, 1.54) is 0 Å². The lowest BCUT2D eigenvalue weighted by molar-refractivity contribution is 0.0908. The van der Waals surface area contributed by atoms with Crippen LogP contribution in [0, 0.1) is 11.3 Å². The van der Waals surface area contributed by atoms with Gasteiger partial charge >= 0.3 is 0 Å². The SMILES string of the molecule is C[Si](C)(C)CCOCn1c(-c2noc(-c3cccc(C#N)c3)n2)cc2cccnc21. The van der Waals surface area contributed by atoms with Gasteiger partial charge in [0.05, 0.1) is 17.3 Å². The van der Waals surface area contributed by atoms with E-state index in [-0.39, 0.29) is 0 Å². The number of hydrogen-bond donors (Lipinski definition) is 0. The Balaban J connectivity index is 1.65. The largest absolute Gasteiger partial charge is 0.361 e. The van der Waals surface area contributed by atoms with Gasteiger partial charge in [-0.1, -0.05) is 30.9 Å². The minimum Gasteiger partial charge on any atom is -0.361 e. The zero-order chi connectivity index (χ0) is 21.1. The molecule has 3 heterocycles. The van der Waals surface area contributed by atoms with Crippen molar-refractivity contribution in [1.82, 2.24) is 19.7 Å². The molecule has 0 N–H and O–H groups in total. The van der Waals surface area contributed by atoms with Crippen LogP contribution >= 0.6 is 0 Å². The molecule has 0 aliphatic carbocycles. The van der Waals surface area contributed by atoms with Crippen molar-refractivity contribution < 1.29 is 9.26 Å². The molecule has 0 radical (unpaired) electrons. The summed E-state index contributed by atoms with van der Waals surface area (Å²) in [5.41, 5.74) is 2.85. The van der Waals surface area contributed by atoms with Gasteiger partial charge in [0.2, 0.25) is 5.82 Å². The van der Waals surface area contributed by atoms with Gasteiger partial charge in [-0.25, -0.2) is 4.98 Å². The minimum absolute atomic E-state index is 0.367. The van der Waals surface area contributed by atoms with E-state index in [4.69, 9.17) is 14.5 Å². The number of nitriles is 1.